The molecule has 5 rings (SSSR count). The van der Waals surface area contributed by atoms with Crippen molar-refractivity contribution in [3.63, 3.8) is 0 Å². The van der Waals surface area contributed by atoms with Crippen LogP contribution in [0.25, 0.3) is 16.7 Å². The SMILES string of the molecule is CC(C)(C)OC(=O)NC1CN(c2nc3c(cc2F)c(=O)c(C(=O)O)cn3-c2ccc(F)cc2F)CC2CC21. The number of alkyl carbamates (subject to hydrolysis) is 1. The summed E-state index contributed by atoms with van der Waals surface area (Å²) in [6, 6.07) is 3.18. The molecule has 1 saturated heterocycles. The molecule has 2 aromatic heterocycles. The molecule has 2 aliphatic rings. The number of rotatable bonds is 4. The maximum Gasteiger partial charge on any atom is 0.407 e. The quantitative estimate of drug-likeness (QED) is 0.527. The Labute approximate surface area is 214 Å². The molecular formula is C26H25F3N4O5. The molecule has 0 bridgehead atoms. The summed E-state index contributed by atoms with van der Waals surface area (Å²) >= 11 is 0. The second-order valence-electron chi connectivity index (χ2n) is 10.6. The van der Waals surface area contributed by atoms with E-state index < -0.39 is 46.1 Å². The van der Waals surface area contributed by atoms with Crippen molar-refractivity contribution in [2.24, 2.45) is 11.8 Å². The van der Waals surface area contributed by atoms with Gasteiger partial charge in [0.1, 0.15) is 22.8 Å². The van der Waals surface area contributed by atoms with Gasteiger partial charge in [-0.25, -0.2) is 27.7 Å². The van der Waals surface area contributed by atoms with Crippen molar-refractivity contribution in [2.45, 2.75) is 38.8 Å². The Morgan fingerprint density at radius 1 is 1.13 bits per heavy atom. The highest BCUT2D eigenvalue weighted by Crippen LogP contribution is 2.46. The van der Waals surface area contributed by atoms with Crippen LogP contribution in [-0.4, -0.2) is 51.5 Å². The minimum Gasteiger partial charge on any atom is -0.477 e. The Balaban J connectivity index is 1.58. The predicted molar refractivity (Wildman–Crippen MR) is 131 cm³/mol. The van der Waals surface area contributed by atoms with E-state index >= 15 is 4.39 Å². The van der Waals surface area contributed by atoms with Crippen LogP contribution in [0.2, 0.25) is 0 Å². The number of aromatic nitrogens is 2. The monoisotopic (exact) mass is 530 g/mol. The van der Waals surface area contributed by atoms with E-state index in [-0.39, 0.29) is 47.0 Å². The number of carbonyl (C=O) groups is 2. The fourth-order valence-corrected chi connectivity index (χ4v) is 4.94. The van der Waals surface area contributed by atoms with E-state index in [4.69, 9.17) is 4.74 Å². The molecule has 0 radical (unpaired) electrons. The fourth-order valence-electron chi connectivity index (χ4n) is 4.94. The lowest BCUT2D eigenvalue weighted by Crippen LogP contribution is -2.51. The van der Waals surface area contributed by atoms with Gasteiger partial charge in [0.2, 0.25) is 5.43 Å². The maximum atomic E-state index is 15.4. The number of carbonyl (C=O) groups excluding carboxylic acids is 1. The number of amides is 1. The van der Waals surface area contributed by atoms with E-state index in [2.05, 4.69) is 10.3 Å². The second-order valence-corrected chi connectivity index (χ2v) is 10.6. The van der Waals surface area contributed by atoms with Crippen molar-refractivity contribution >= 4 is 28.9 Å². The minimum atomic E-state index is -1.59. The topological polar surface area (TPSA) is 114 Å². The Morgan fingerprint density at radius 2 is 1.87 bits per heavy atom. The molecule has 0 spiro atoms. The van der Waals surface area contributed by atoms with Crippen LogP contribution >= 0.6 is 0 Å². The normalized spacial score (nSPS) is 20.7. The number of fused-ring (bicyclic) bond motifs is 2. The summed E-state index contributed by atoms with van der Waals surface area (Å²) in [5.41, 5.74) is -2.88. The molecule has 3 aromatic rings. The third kappa shape index (κ3) is 4.77. The molecule has 200 valence electrons. The number of hydrogen-bond acceptors (Lipinski definition) is 6. The van der Waals surface area contributed by atoms with Gasteiger partial charge in [-0.1, -0.05) is 0 Å². The average molecular weight is 531 g/mol. The zero-order valence-corrected chi connectivity index (χ0v) is 20.8. The Morgan fingerprint density at radius 3 is 2.53 bits per heavy atom. The smallest absolute Gasteiger partial charge is 0.407 e. The third-order valence-corrected chi connectivity index (χ3v) is 6.68. The van der Waals surface area contributed by atoms with Crippen LogP contribution in [0, 0.1) is 29.3 Å². The number of benzene rings is 1. The number of halogens is 3. The number of nitrogens with one attached hydrogen (secondary N) is 1. The van der Waals surface area contributed by atoms with E-state index in [9.17, 15) is 28.3 Å². The summed E-state index contributed by atoms with van der Waals surface area (Å²) in [6.07, 6.45) is 1.11. The van der Waals surface area contributed by atoms with Gasteiger partial charge in [0.25, 0.3) is 0 Å². The van der Waals surface area contributed by atoms with Crippen molar-refractivity contribution in [1.82, 2.24) is 14.9 Å². The first kappa shape index (κ1) is 25.6. The molecule has 1 aromatic carbocycles. The lowest BCUT2D eigenvalue weighted by atomic mass is 10.1. The molecule has 3 atom stereocenters. The number of anilines is 1. The van der Waals surface area contributed by atoms with Gasteiger partial charge in [-0.2, -0.15) is 0 Å². The first-order chi connectivity index (χ1) is 17.8. The van der Waals surface area contributed by atoms with Crippen LogP contribution in [0.3, 0.4) is 0 Å². The van der Waals surface area contributed by atoms with Crippen molar-refractivity contribution in [3.05, 3.63) is 63.7 Å². The molecule has 9 nitrogen and oxygen atoms in total. The molecule has 12 heteroatoms. The zero-order chi connectivity index (χ0) is 27.5. The van der Waals surface area contributed by atoms with Crippen LogP contribution in [0.5, 0.6) is 0 Å². The lowest BCUT2D eigenvalue weighted by molar-refractivity contribution is 0.0494. The van der Waals surface area contributed by atoms with Crippen molar-refractivity contribution in [2.75, 3.05) is 18.0 Å². The molecular weight excluding hydrogens is 505 g/mol. The number of nitrogens with zero attached hydrogens (tertiary/aromatic N) is 3. The van der Waals surface area contributed by atoms with Gasteiger partial charge in [0, 0.05) is 25.4 Å². The maximum absolute atomic E-state index is 15.4. The lowest BCUT2D eigenvalue weighted by Gasteiger charge is -2.34. The highest BCUT2D eigenvalue weighted by atomic mass is 19.1. The number of carboxylic acids is 1. The van der Waals surface area contributed by atoms with Crippen LogP contribution < -0.4 is 15.6 Å². The number of ether oxygens (including phenoxy) is 1. The van der Waals surface area contributed by atoms with Gasteiger partial charge in [-0.05, 0) is 57.2 Å². The molecule has 3 unspecified atom stereocenters. The standard InChI is InChI=1S/C26H25F3N4O5/c1-26(2,3)38-25(37)30-19-11-32(9-12-6-14(12)19)23-18(29)8-15-21(34)16(24(35)36)10-33(22(15)31-23)20-5-4-13(27)7-17(20)28/h4-5,7-8,10,12,14,19H,6,9,11H2,1-3H3,(H,30,37)(H,35,36). The fraction of sp³-hybridized carbons (Fsp3) is 0.385. The van der Waals surface area contributed by atoms with Crippen LogP contribution in [-0.2, 0) is 4.74 Å². The number of carboxylic acid groups (broad SMARTS) is 1. The molecule has 2 fully saturated rings. The Hall–Kier alpha value is -4.09. The van der Waals surface area contributed by atoms with E-state index in [1.54, 1.807) is 25.7 Å². The molecule has 2 N–H and O–H groups in total. The van der Waals surface area contributed by atoms with E-state index in [1.807, 2.05) is 0 Å². The van der Waals surface area contributed by atoms with E-state index in [0.29, 0.717) is 12.6 Å². The van der Waals surface area contributed by atoms with Crippen LogP contribution in [0.1, 0.15) is 37.6 Å². The Kier molecular flexibility index (Phi) is 6.07. The second kappa shape index (κ2) is 9.03. The van der Waals surface area contributed by atoms with Crippen LogP contribution in [0.4, 0.5) is 23.8 Å². The van der Waals surface area contributed by atoms with Gasteiger partial charge in [0.05, 0.1) is 17.1 Å². The third-order valence-electron chi connectivity index (χ3n) is 6.68. The first-order valence-electron chi connectivity index (χ1n) is 12.0. The molecule has 1 amide bonds. The number of hydrogen-bond donors (Lipinski definition) is 2. The average Bonchev–Trinajstić information content (AvgIpc) is 3.58. The molecule has 1 saturated carbocycles. The molecule has 1 aliphatic heterocycles. The summed E-state index contributed by atoms with van der Waals surface area (Å²) in [5, 5.41) is 12.0. The van der Waals surface area contributed by atoms with Gasteiger partial charge >= 0.3 is 12.1 Å². The molecule has 38 heavy (non-hydrogen) atoms. The molecule has 3 heterocycles. The number of pyridine rings is 2. The summed E-state index contributed by atoms with van der Waals surface area (Å²) in [7, 11) is 0. The highest BCUT2D eigenvalue weighted by molar-refractivity contribution is 5.92. The highest BCUT2D eigenvalue weighted by Gasteiger charge is 2.49. The summed E-state index contributed by atoms with van der Waals surface area (Å²) in [5.74, 6) is -4.12. The minimum absolute atomic E-state index is 0.141. The van der Waals surface area contributed by atoms with Gasteiger partial charge in [-0.3, -0.25) is 9.36 Å². The van der Waals surface area contributed by atoms with Gasteiger partial charge < -0.3 is 20.1 Å². The van der Waals surface area contributed by atoms with Crippen molar-refractivity contribution in [1.29, 1.82) is 0 Å². The predicted octanol–water partition coefficient (Wildman–Crippen LogP) is 3.85. The molecule has 1 aliphatic carbocycles. The number of piperidine rings is 1. The van der Waals surface area contributed by atoms with E-state index in [0.717, 1.165) is 35.4 Å². The van der Waals surface area contributed by atoms with E-state index in [1.165, 1.54) is 0 Å². The van der Waals surface area contributed by atoms with Crippen LogP contribution in [0.15, 0.2) is 35.3 Å². The largest absolute Gasteiger partial charge is 0.477 e. The Bertz CT molecular complexity index is 1530. The van der Waals surface area contributed by atoms with Gasteiger partial charge in [-0.15, -0.1) is 0 Å². The summed E-state index contributed by atoms with van der Waals surface area (Å²) in [6.45, 7) is 5.88. The van der Waals surface area contributed by atoms with Crippen molar-refractivity contribution < 1.29 is 32.6 Å². The van der Waals surface area contributed by atoms with Crippen molar-refractivity contribution in [3.8, 4) is 5.69 Å². The van der Waals surface area contributed by atoms with Gasteiger partial charge in [0.15, 0.2) is 17.3 Å². The zero-order valence-electron chi connectivity index (χ0n) is 20.8. The first-order valence-corrected chi connectivity index (χ1v) is 12.0. The number of aromatic carboxylic acids is 1. The summed E-state index contributed by atoms with van der Waals surface area (Å²) < 4.78 is 50.0. The summed E-state index contributed by atoms with van der Waals surface area (Å²) in [4.78, 5) is 42.9.